The van der Waals surface area contributed by atoms with Gasteiger partial charge >= 0.3 is 0 Å². The molecule has 0 aliphatic carbocycles. The number of quaternary nitrogens is 1. The molecule has 8 heteroatoms. The summed E-state index contributed by atoms with van der Waals surface area (Å²) in [7, 11) is -2.15. The van der Waals surface area contributed by atoms with Gasteiger partial charge in [0, 0.05) is 11.0 Å². The van der Waals surface area contributed by atoms with Gasteiger partial charge in [0.2, 0.25) is 0 Å². The fraction of sp³-hybridized carbons (Fsp3) is 0.906. The average Bonchev–Trinajstić information content (AvgIpc) is 3.32. The second kappa shape index (κ2) is 44.9. The van der Waals surface area contributed by atoms with E-state index in [2.05, 4.69) is 27.8 Å². The van der Waals surface area contributed by atoms with Crippen LogP contribution in [0.25, 0.3) is 0 Å². The molecular weight excluding hydrogens is 911 g/mol. The van der Waals surface area contributed by atoms with Crippen molar-refractivity contribution in [2.45, 2.75) is 343 Å². The Morgan fingerprint density at radius 3 is 0.917 bits per heavy atom. The molecule has 428 valence electrons. The van der Waals surface area contributed by atoms with Crippen LogP contribution in [0.3, 0.4) is 0 Å². The van der Waals surface area contributed by atoms with Crippen LogP contribution < -0.4 is 0 Å². The summed E-state index contributed by atoms with van der Waals surface area (Å²) in [5.74, 6) is -0.144. The first-order valence-electron chi connectivity index (χ1n) is 31.4. The highest BCUT2D eigenvalue weighted by molar-refractivity contribution is 7.86. The average molecular weight is 1040 g/mol. The quantitative estimate of drug-likeness (QED) is 0.0340. The predicted octanol–water partition coefficient (Wildman–Crippen LogP) is 19.5. The van der Waals surface area contributed by atoms with Gasteiger partial charge in [-0.1, -0.05) is 272 Å². The molecule has 0 radical (unpaired) electrons. The van der Waals surface area contributed by atoms with Gasteiger partial charge in [-0.3, -0.25) is 0 Å². The summed E-state index contributed by atoms with van der Waals surface area (Å²) in [6.07, 6.45) is 61.7. The summed E-state index contributed by atoms with van der Waals surface area (Å²) in [6.45, 7) is 18.2. The smallest absolute Gasteiger partial charge is 0.124 e. The molecule has 7 nitrogen and oxygen atoms in total. The Hall–Kier alpha value is -1.19. The van der Waals surface area contributed by atoms with Crippen molar-refractivity contribution in [1.82, 2.24) is 0 Å². The van der Waals surface area contributed by atoms with E-state index in [1.165, 1.54) is 334 Å². The van der Waals surface area contributed by atoms with Crippen LogP contribution in [0.2, 0.25) is 0 Å². The van der Waals surface area contributed by atoms with Gasteiger partial charge in [0.25, 0.3) is 0 Å². The summed E-state index contributed by atoms with van der Waals surface area (Å²) in [5.41, 5.74) is -2.11. The first kappa shape index (κ1) is 70.8. The summed E-state index contributed by atoms with van der Waals surface area (Å²) in [5, 5.41) is 27.9. The molecule has 0 fully saturated rings. The lowest BCUT2D eigenvalue weighted by molar-refractivity contribution is -0.910. The van der Waals surface area contributed by atoms with E-state index >= 15 is 0 Å². The Balaban J connectivity index is 0.00000189. The summed E-state index contributed by atoms with van der Waals surface area (Å²) in [4.78, 5) is 0. The van der Waals surface area contributed by atoms with E-state index in [4.69, 9.17) is 0 Å². The van der Waals surface area contributed by atoms with Crippen molar-refractivity contribution in [2.24, 2.45) is 5.41 Å². The number of phenols is 1. The maximum absolute atomic E-state index is 11.8. The lowest BCUT2D eigenvalue weighted by Crippen LogP contribution is -2.46. The molecule has 3 N–H and O–H groups in total. The summed E-state index contributed by atoms with van der Waals surface area (Å²) >= 11 is 0. The van der Waals surface area contributed by atoms with Crippen molar-refractivity contribution >= 4 is 10.1 Å². The van der Waals surface area contributed by atoms with Gasteiger partial charge in [0.15, 0.2) is 0 Å². The van der Waals surface area contributed by atoms with Gasteiger partial charge in [0.1, 0.15) is 15.9 Å². The molecule has 0 spiro atoms. The van der Waals surface area contributed by atoms with Gasteiger partial charge < -0.3 is 24.4 Å². The number of benzene rings is 1. The molecule has 0 bridgehead atoms. The van der Waals surface area contributed by atoms with Gasteiger partial charge in [-0.25, -0.2) is 8.42 Å². The van der Waals surface area contributed by atoms with Crippen LogP contribution in [0.5, 0.6) is 5.75 Å². The van der Waals surface area contributed by atoms with Crippen LogP contribution in [0.1, 0.15) is 340 Å². The maximum Gasteiger partial charge on any atom is 0.124 e. The molecule has 1 unspecified atom stereocenters. The minimum atomic E-state index is -4.79. The number of aryl methyl sites for hydroxylation is 1. The minimum Gasteiger partial charge on any atom is -0.747 e. The third kappa shape index (κ3) is 36.7. The molecule has 1 aromatic rings. The van der Waals surface area contributed by atoms with Gasteiger partial charge in [-0.15, -0.1) is 0 Å². The summed E-state index contributed by atoms with van der Waals surface area (Å²) in [6, 6.07) is 2.68. The number of nitrogens with zero attached hydrogens (tertiary/aromatic N) is 1. The van der Waals surface area contributed by atoms with Crippen molar-refractivity contribution in [2.75, 3.05) is 26.7 Å². The van der Waals surface area contributed by atoms with E-state index in [-0.39, 0.29) is 16.9 Å². The number of hydrogen-bond acceptors (Lipinski definition) is 6. The van der Waals surface area contributed by atoms with E-state index in [0.717, 1.165) is 0 Å². The highest BCUT2D eigenvalue weighted by Crippen LogP contribution is 2.47. The fourth-order valence-corrected chi connectivity index (χ4v) is 12.3. The van der Waals surface area contributed by atoms with Crippen LogP contribution in [0.4, 0.5) is 0 Å². The van der Waals surface area contributed by atoms with E-state index in [9.17, 15) is 28.3 Å². The Kier molecular flexibility index (Phi) is 44.1. The molecular formula is C64H125NO6S. The monoisotopic (exact) mass is 1040 g/mol. The molecule has 0 amide bonds. The molecule has 1 atom stereocenters. The van der Waals surface area contributed by atoms with E-state index < -0.39 is 33.0 Å². The standard InChI is InChI=1S/C49H102N.C15H24O6S/c1-5-8-11-14-17-20-23-26-29-32-35-38-41-44-47-50(4,48-45-42-39-36-33-30-27-24-21-18-15-12-9-6-2)49-46-43-40-37-34-31-28-25-22-19-16-13-10-7-3;1-9-6-10(7-11(8-16)12(9)17)13(22(19,20)21)14(2,3)15(4,5)18/h5-49H2,1-4H3;6-7,13,16-18H,8H2,1-5H3,(H,19,20,21)/q+1;/p-1. The largest absolute Gasteiger partial charge is 0.747 e. The van der Waals surface area contributed by atoms with Crippen molar-refractivity contribution in [3.05, 3.63) is 28.8 Å². The number of rotatable bonds is 50. The van der Waals surface area contributed by atoms with Crippen molar-refractivity contribution < 1.29 is 32.8 Å². The third-order valence-electron chi connectivity index (χ3n) is 16.6. The highest BCUT2D eigenvalue weighted by atomic mass is 32.2. The molecule has 0 aliphatic heterocycles. The zero-order valence-electron chi connectivity index (χ0n) is 49.7. The van der Waals surface area contributed by atoms with Crippen LogP contribution >= 0.6 is 0 Å². The van der Waals surface area contributed by atoms with Crippen molar-refractivity contribution in [3.63, 3.8) is 0 Å². The molecule has 0 saturated heterocycles. The normalized spacial score (nSPS) is 12.9. The molecule has 0 aliphatic rings. The highest BCUT2D eigenvalue weighted by Gasteiger charge is 2.46. The first-order chi connectivity index (χ1) is 34.4. The number of unbranched alkanes of at least 4 members (excludes halogenated alkanes) is 39. The summed E-state index contributed by atoms with van der Waals surface area (Å²) < 4.78 is 36.9. The van der Waals surface area contributed by atoms with E-state index in [1.54, 1.807) is 6.92 Å². The molecule has 1 rings (SSSR count). The minimum absolute atomic E-state index is 0.134. The molecule has 1 aromatic carbocycles. The lowest BCUT2D eigenvalue weighted by atomic mass is 9.72. The van der Waals surface area contributed by atoms with Crippen LogP contribution in [0.15, 0.2) is 12.1 Å². The number of aliphatic hydroxyl groups is 2. The van der Waals surface area contributed by atoms with Gasteiger partial charge in [0.05, 0.1) is 44.1 Å². The molecule has 72 heavy (non-hydrogen) atoms. The second-order valence-electron chi connectivity index (χ2n) is 24.2. The van der Waals surface area contributed by atoms with Gasteiger partial charge in [-0.05, 0) is 76.5 Å². The first-order valence-corrected chi connectivity index (χ1v) is 32.8. The molecule has 0 aromatic heterocycles. The number of hydrogen-bond donors (Lipinski definition) is 3. The Bertz CT molecular complexity index is 1390. The fourth-order valence-electron chi connectivity index (χ4n) is 10.8. The van der Waals surface area contributed by atoms with E-state index in [0.29, 0.717) is 5.56 Å². The lowest BCUT2D eigenvalue weighted by Gasteiger charge is -2.44. The SMILES string of the molecule is CCCCCCCCCCCCCCCC[N+](C)(CCCCCCCCCCCCCCCC)CCCCCCCCCCCCCCCC.Cc1cc(C(C(C)(C)C(C)(C)O)S(=O)(=O)[O-])cc(CO)c1O. The van der Waals surface area contributed by atoms with E-state index in [1.807, 2.05) is 0 Å². The zero-order chi connectivity index (χ0) is 53.8. The van der Waals surface area contributed by atoms with Gasteiger partial charge in [-0.2, -0.15) is 0 Å². The number of aliphatic hydroxyl groups excluding tert-OH is 1. The second-order valence-corrected chi connectivity index (χ2v) is 25.7. The topological polar surface area (TPSA) is 118 Å². The van der Waals surface area contributed by atoms with Crippen LogP contribution in [-0.4, -0.2) is 65.1 Å². The molecule has 0 saturated carbocycles. The Morgan fingerprint density at radius 2 is 0.708 bits per heavy atom. The third-order valence-corrected chi connectivity index (χ3v) is 18.0. The van der Waals surface area contributed by atoms with Crippen molar-refractivity contribution in [3.8, 4) is 5.75 Å². The van der Waals surface area contributed by atoms with Crippen molar-refractivity contribution in [1.29, 1.82) is 0 Å². The molecule has 0 heterocycles. The number of aromatic hydroxyl groups is 1. The Labute approximate surface area is 450 Å². The zero-order valence-corrected chi connectivity index (χ0v) is 50.5. The predicted molar refractivity (Wildman–Crippen MR) is 313 cm³/mol. The van der Waals surface area contributed by atoms with Crippen LogP contribution in [0, 0.1) is 12.3 Å². The maximum atomic E-state index is 11.8. The van der Waals surface area contributed by atoms with Crippen LogP contribution in [-0.2, 0) is 16.7 Å². The Morgan fingerprint density at radius 1 is 0.472 bits per heavy atom.